The summed E-state index contributed by atoms with van der Waals surface area (Å²) in [5, 5.41) is -0.607. The highest BCUT2D eigenvalue weighted by molar-refractivity contribution is 6.68. The average Bonchev–Trinajstić information content (AvgIpc) is 3.08. The van der Waals surface area contributed by atoms with Crippen molar-refractivity contribution in [3.05, 3.63) is 116 Å². The molecule has 0 saturated heterocycles. The van der Waals surface area contributed by atoms with Gasteiger partial charge in [-0.05, 0) is 65.0 Å². The van der Waals surface area contributed by atoms with Crippen LogP contribution in [0, 0.1) is 11.6 Å². The number of hydrogen-bond acceptors (Lipinski definition) is 8. The molecule has 0 atom stereocenters. The van der Waals surface area contributed by atoms with Crippen molar-refractivity contribution >= 4 is 51.8 Å². The summed E-state index contributed by atoms with van der Waals surface area (Å²) in [6, 6.07) is 15.6. The lowest BCUT2D eigenvalue weighted by atomic mass is 9.98. The molecule has 4 aromatic carbocycles. The molecule has 8 nitrogen and oxygen atoms in total. The van der Waals surface area contributed by atoms with E-state index >= 15 is 0 Å². The Morgan fingerprint density at radius 2 is 1.06 bits per heavy atom. The molecule has 0 heterocycles. The smallest absolute Gasteiger partial charge is 0.313 e. The van der Waals surface area contributed by atoms with Gasteiger partial charge in [0.2, 0.25) is 0 Å². The van der Waals surface area contributed by atoms with Crippen molar-refractivity contribution in [2.75, 3.05) is 35.0 Å². The highest BCUT2D eigenvalue weighted by Crippen LogP contribution is 2.34. The second-order valence-electron chi connectivity index (χ2n) is 10.2. The predicted octanol–water partition coefficient (Wildman–Crippen LogP) is 8.69. The Morgan fingerprint density at radius 3 is 1.47 bits per heavy atom. The van der Waals surface area contributed by atoms with E-state index in [9.17, 15) is 23.2 Å². The SMILES string of the molecule is CCOC(=O)CC(=O)c1cc(Cc2cccc(Cl)c2F)c(OC)cc1OC.COc1cc(OC)c(C(=O)Cl)cc1Cc1cccc(Cl)c1F. The van der Waals surface area contributed by atoms with Crippen LogP contribution >= 0.6 is 34.8 Å². The topological polar surface area (TPSA) is 97.4 Å². The summed E-state index contributed by atoms with van der Waals surface area (Å²) in [7, 11) is 5.78. The van der Waals surface area contributed by atoms with E-state index in [4.69, 9.17) is 58.5 Å². The van der Waals surface area contributed by atoms with E-state index in [2.05, 4.69) is 0 Å². The third kappa shape index (κ3) is 10.1. The van der Waals surface area contributed by atoms with Crippen molar-refractivity contribution < 1.29 is 46.8 Å². The Bertz CT molecular complexity index is 1830. The summed E-state index contributed by atoms with van der Waals surface area (Å²) in [6.45, 7) is 1.85. The number of benzene rings is 4. The summed E-state index contributed by atoms with van der Waals surface area (Å²) in [6.07, 6.45) is -0.0581. The van der Waals surface area contributed by atoms with Crippen LogP contribution in [0.15, 0.2) is 60.7 Å². The van der Waals surface area contributed by atoms with Gasteiger partial charge in [-0.3, -0.25) is 14.4 Å². The van der Waals surface area contributed by atoms with Gasteiger partial charge in [-0.2, -0.15) is 0 Å². The minimum Gasteiger partial charge on any atom is -0.496 e. The number of esters is 1. The maximum atomic E-state index is 14.3. The molecule has 0 amide bonds. The highest BCUT2D eigenvalue weighted by Gasteiger charge is 2.21. The normalized spacial score (nSPS) is 10.4. The molecular formula is C36H33Cl3F2O8. The summed E-state index contributed by atoms with van der Waals surface area (Å²) >= 11 is 17.2. The fourth-order valence-electron chi connectivity index (χ4n) is 4.80. The van der Waals surface area contributed by atoms with Crippen LogP contribution in [0.2, 0.25) is 10.0 Å². The molecule has 0 aliphatic carbocycles. The Kier molecular flexibility index (Phi) is 14.7. The largest absolute Gasteiger partial charge is 0.496 e. The van der Waals surface area contributed by atoms with E-state index in [0.29, 0.717) is 39.5 Å². The molecule has 0 bridgehead atoms. The standard InChI is InChI=1S/C20H20ClFO5.C16H13Cl2FO3/c1-4-27-19(24)10-16(23)14-9-13(17(25-2)11-18(14)26-3)8-12-6-5-7-15(21)20(12)22;1-21-13-8-14(22-2)11(16(18)20)7-10(13)6-9-4-3-5-12(17)15(9)19/h5-7,9,11H,4,8,10H2,1-3H3;3-5,7-8H,6H2,1-2H3. The second-order valence-corrected chi connectivity index (χ2v) is 11.3. The van der Waals surface area contributed by atoms with Gasteiger partial charge in [-0.25, -0.2) is 8.78 Å². The zero-order valence-corrected chi connectivity index (χ0v) is 29.5. The molecular weight excluding hydrogens is 705 g/mol. The van der Waals surface area contributed by atoms with Crippen molar-refractivity contribution in [2.24, 2.45) is 0 Å². The second kappa shape index (κ2) is 18.4. The van der Waals surface area contributed by atoms with Crippen molar-refractivity contribution in [3.63, 3.8) is 0 Å². The van der Waals surface area contributed by atoms with E-state index < -0.39 is 35.1 Å². The van der Waals surface area contributed by atoms with Crippen molar-refractivity contribution in [2.45, 2.75) is 26.2 Å². The fourth-order valence-corrected chi connectivity index (χ4v) is 5.33. The van der Waals surface area contributed by atoms with E-state index in [1.807, 2.05) is 0 Å². The van der Waals surface area contributed by atoms with Gasteiger partial charge in [0, 0.05) is 25.0 Å². The van der Waals surface area contributed by atoms with Gasteiger partial charge < -0.3 is 23.7 Å². The molecule has 260 valence electrons. The third-order valence-electron chi connectivity index (χ3n) is 7.15. The fraction of sp³-hybridized carbons (Fsp3) is 0.250. The number of rotatable bonds is 13. The lowest BCUT2D eigenvalue weighted by Gasteiger charge is -2.15. The first kappa shape index (κ1) is 39.1. The van der Waals surface area contributed by atoms with Crippen LogP contribution < -0.4 is 18.9 Å². The number of carbonyl (C=O) groups excluding carboxylic acids is 3. The first-order valence-electron chi connectivity index (χ1n) is 14.6. The first-order chi connectivity index (χ1) is 23.4. The predicted molar refractivity (Wildman–Crippen MR) is 183 cm³/mol. The number of Topliss-reactive ketones (excluding diaryl/α,β-unsaturated/α-hetero) is 1. The molecule has 0 fully saturated rings. The molecule has 0 aromatic heterocycles. The summed E-state index contributed by atoms with van der Waals surface area (Å²) in [5.41, 5.74) is 2.31. The van der Waals surface area contributed by atoms with E-state index in [0.717, 1.165) is 0 Å². The average molecular weight is 738 g/mol. The van der Waals surface area contributed by atoms with E-state index in [1.54, 1.807) is 43.3 Å². The maximum absolute atomic E-state index is 14.3. The molecule has 0 aliphatic heterocycles. The molecule has 0 radical (unpaired) electrons. The van der Waals surface area contributed by atoms with E-state index in [-0.39, 0.29) is 46.4 Å². The Hall–Kier alpha value is -4.38. The quantitative estimate of drug-likeness (QED) is 0.0582. The summed E-state index contributed by atoms with van der Waals surface area (Å²) < 4.78 is 54.1. The lowest BCUT2D eigenvalue weighted by molar-refractivity contribution is -0.141. The van der Waals surface area contributed by atoms with Crippen LogP contribution in [-0.4, -0.2) is 52.0 Å². The number of carbonyl (C=O) groups is 3. The maximum Gasteiger partial charge on any atom is 0.313 e. The van der Waals surface area contributed by atoms with Crippen molar-refractivity contribution in [1.82, 2.24) is 0 Å². The van der Waals surface area contributed by atoms with Gasteiger partial charge in [-0.1, -0.05) is 47.5 Å². The molecule has 0 saturated carbocycles. The molecule has 0 aliphatic rings. The molecule has 0 spiro atoms. The zero-order valence-electron chi connectivity index (χ0n) is 27.3. The van der Waals surface area contributed by atoms with Crippen LogP contribution in [0.3, 0.4) is 0 Å². The monoisotopic (exact) mass is 736 g/mol. The van der Waals surface area contributed by atoms with Crippen molar-refractivity contribution in [1.29, 1.82) is 0 Å². The summed E-state index contributed by atoms with van der Waals surface area (Å²) in [4.78, 5) is 35.7. The molecule has 0 N–H and O–H groups in total. The molecule has 4 aromatic rings. The number of ether oxygens (including phenoxy) is 5. The molecule has 0 unspecified atom stereocenters. The lowest BCUT2D eigenvalue weighted by Crippen LogP contribution is -2.13. The van der Waals surface area contributed by atoms with E-state index in [1.165, 1.54) is 52.7 Å². The Morgan fingerprint density at radius 1 is 0.633 bits per heavy atom. The van der Waals surface area contributed by atoms with Gasteiger partial charge in [0.05, 0.1) is 56.2 Å². The molecule has 4 rings (SSSR count). The van der Waals surface area contributed by atoms with Crippen LogP contribution in [0.5, 0.6) is 23.0 Å². The van der Waals surface area contributed by atoms with Gasteiger partial charge in [-0.15, -0.1) is 0 Å². The number of ketones is 1. The van der Waals surface area contributed by atoms with Crippen LogP contribution in [0.4, 0.5) is 8.78 Å². The third-order valence-corrected chi connectivity index (χ3v) is 7.94. The molecule has 13 heteroatoms. The number of hydrogen-bond donors (Lipinski definition) is 0. The zero-order chi connectivity index (χ0) is 36.2. The number of halogens is 5. The van der Waals surface area contributed by atoms with Crippen LogP contribution in [0.1, 0.15) is 56.3 Å². The van der Waals surface area contributed by atoms with Crippen molar-refractivity contribution in [3.8, 4) is 23.0 Å². The minimum atomic E-state index is -0.660. The highest BCUT2D eigenvalue weighted by atomic mass is 35.5. The van der Waals surface area contributed by atoms with Crippen LogP contribution in [-0.2, 0) is 22.4 Å². The van der Waals surface area contributed by atoms with Gasteiger partial charge in [0.1, 0.15) is 41.1 Å². The first-order valence-corrected chi connectivity index (χ1v) is 15.8. The minimum absolute atomic E-state index is 0.0126. The van der Waals surface area contributed by atoms with Gasteiger partial charge in [0.15, 0.2) is 5.78 Å². The van der Waals surface area contributed by atoms with Gasteiger partial charge >= 0.3 is 5.97 Å². The Balaban J connectivity index is 0.000000271. The van der Waals surface area contributed by atoms with Crippen LogP contribution in [0.25, 0.3) is 0 Å². The number of methoxy groups -OCH3 is 4. The summed E-state index contributed by atoms with van der Waals surface area (Å²) in [5.74, 6) is -0.652. The van der Waals surface area contributed by atoms with Gasteiger partial charge in [0.25, 0.3) is 5.24 Å². The Labute approximate surface area is 297 Å². The molecule has 49 heavy (non-hydrogen) atoms.